The van der Waals surface area contributed by atoms with Gasteiger partial charge in [-0.3, -0.25) is 4.79 Å². The molecule has 0 aromatic heterocycles. The smallest absolute Gasteiger partial charge is 0.338 e. The summed E-state index contributed by atoms with van der Waals surface area (Å²) in [6.07, 6.45) is 3.12. The molecular formula is C18H25ClN2O5S. The van der Waals surface area contributed by atoms with Gasteiger partial charge in [0.1, 0.15) is 4.90 Å². The van der Waals surface area contributed by atoms with Crippen LogP contribution in [0.25, 0.3) is 0 Å². The Morgan fingerprint density at radius 3 is 2.63 bits per heavy atom. The van der Waals surface area contributed by atoms with Gasteiger partial charge in [0, 0.05) is 6.04 Å². The molecule has 150 valence electrons. The minimum absolute atomic E-state index is 0.000631. The fourth-order valence-electron chi connectivity index (χ4n) is 3.19. The summed E-state index contributed by atoms with van der Waals surface area (Å²) < 4.78 is 31.0. The Morgan fingerprint density at radius 2 is 1.96 bits per heavy atom. The van der Waals surface area contributed by atoms with Crippen molar-refractivity contribution in [1.82, 2.24) is 10.0 Å². The van der Waals surface area contributed by atoms with E-state index in [2.05, 4.69) is 23.9 Å². The Kier molecular flexibility index (Phi) is 7.25. The third-order valence-corrected chi connectivity index (χ3v) is 7.01. The highest BCUT2D eigenvalue weighted by Crippen LogP contribution is 2.29. The van der Waals surface area contributed by atoms with Crippen molar-refractivity contribution in [3.05, 3.63) is 28.8 Å². The van der Waals surface area contributed by atoms with Crippen molar-refractivity contribution in [2.24, 2.45) is 11.8 Å². The van der Waals surface area contributed by atoms with Crippen molar-refractivity contribution in [3.63, 3.8) is 0 Å². The van der Waals surface area contributed by atoms with Crippen molar-refractivity contribution in [2.75, 3.05) is 13.7 Å². The summed E-state index contributed by atoms with van der Waals surface area (Å²) in [5, 5.41) is 2.90. The second kappa shape index (κ2) is 9.03. The second-order valence-corrected chi connectivity index (χ2v) is 9.13. The molecule has 2 N–H and O–H groups in total. The number of halogens is 1. The predicted molar refractivity (Wildman–Crippen MR) is 102 cm³/mol. The molecule has 2 rings (SSSR count). The molecule has 0 aliphatic heterocycles. The average molecular weight is 417 g/mol. The lowest BCUT2D eigenvalue weighted by molar-refractivity contribution is -0.125. The molecule has 27 heavy (non-hydrogen) atoms. The van der Waals surface area contributed by atoms with Crippen molar-refractivity contribution in [3.8, 4) is 0 Å². The first-order chi connectivity index (χ1) is 12.7. The van der Waals surface area contributed by atoms with Gasteiger partial charge in [-0.25, -0.2) is 17.9 Å². The zero-order valence-corrected chi connectivity index (χ0v) is 17.2. The summed E-state index contributed by atoms with van der Waals surface area (Å²) in [4.78, 5) is 24.1. The van der Waals surface area contributed by atoms with Crippen LogP contribution in [0.2, 0.25) is 5.02 Å². The molecule has 1 aliphatic rings. The number of hydrogen-bond acceptors (Lipinski definition) is 5. The van der Waals surface area contributed by atoms with Gasteiger partial charge >= 0.3 is 5.97 Å². The standard InChI is InChI=1S/C18H25ClN2O5S/c1-11-5-4-6-15(12(11)2)21-17(22)10-26-18(23)13-7-8-14(19)16(9-13)27(24,25)20-3/h7-9,11-12,15,20H,4-6,10H2,1-3H3,(H,21,22)/t11-,12+,15-/m0/s1. The zero-order chi connectivity index (χ0) is 20.2. The monoisotopic (exact) mass is 416 g/mol. The van der Waals surface area contributed by atoms with E-state index in [0.29, 0.717) is 11.8 Å². The van der Waals surface area contributed by atoms with Gasteiger partial charge in [0.05, 0.1) is 10.6 Å². The van der Waals surface area contributed by atoms with Crippen LogP contribution >= 0.6 is 11.6 Å². The third-order valence-electron chi connectivity index (χ3n) is 5.11. The lowest BCUT2D eigenvalue weighted by Gasteiger charge is -2.34. The van der Waals surface area contributed by atoms with Gasteiger partial charge in [0.15, 0.2) is 6.61 Å². The van der Waals surface area contributed by atoms with E-state index < -0.39 is 22.6 Å². The molecule has 3 atom stereocenters. The van der Waals surface area contributed by atoms with Crippen LogP contribution in [0, 0.1) is 11.8 Å². The van der Waals surface area contributed by atoms with Gasteiger partial charge in [0.2, 0.25) is 10.0 Å². The van der Waals surface area contributed by atoms with Crippen LogP contribution in [0.15, 0.2) is 23.1 Å². The van der Waals surface area contributed by atoms with Gasteiger partial charge in [-0.05, 0) is 43.5 Å². The van der Waals surface area contributed by atoms with Gasteiger partial charge in [-0.2, -0.15) is 0 Å². The number of carbonyl (C=O) groups is 2. The molecule has 0 unspecified atom stereocenters. The highest BCUT2D eigenvalue weighted by Gasteiger charge is 2.28. The minimum Gasteiger partial charge on any atom is -0.452 e. The number of benzene rings is 1. The molecule has 1 aliphatic carbocycles. The van der Waals surface area contributed by atoms with E-state index in [9.17, 15) is 18.0 Å². The van der Waals surface area contributed by atoms with Gasteiger partial charge in [-0.1, -0.05) is 38.3 Å². The van der Waals surface area contributed by atoms with E-state index >= 15 is 0 Å². The van der Waals surface area contributed by atoms with Crippen LogP contribution in [0.3, 0.4) is 0 Å². The quantitative estimate of drug-likeness (QED) is 0.693. The summed E-state index contributed by atoms with van der Waals surface area (Å²) >= 11 is 5.89. The Balaban J connectivity index is 1.97. The molecular weight excluding hydrogens is 392 g/mol. The molecule has 9 heteroatoms. The minimum atomic E-state index is -3.82. The van der Waals surface area contributed by atoms with Crippen molar-refractivity contribution >= 4 is 33.5 Å². The van der Waals surface area contributed by atoms with E-state index in [0.717, 1.165) is 25.3 Å². The summed E-state index contributed by atoms with van der Waals surface area (Å²) in [5.74, 6) is -0.261. The predicted octanol–water partition coefficient (Wildman–Crippen LogP) is 2.35. The molecule has 0 heterocycles. The number of ether oxygens (including phenoxy) is 1. The van der Waals surface area contributed by atoms with E-state index in [4.69, 9.17) is 16.3 Å². The lowest BCUT2D eigenvalue weighted by Crippen LogP contribution is -2.45. The van der Waals surface area contributed by atoms with E-state index in [1.165, 1.54) is 19.2 Å². The molecule has 1 amide bonds. The SMILES string of the molecule is CNS(=O)(=O)c1cc(C(=O)OCC(=O)N[C@H]2CCC[C@H](C)[C@H]2C)ccc1Cl. The highest BCUT2D eigenvalue weighted by atomic mass is 35.5. The van der Waals surface area contributed by atoms with Gasteiger partial charge in [-0.15, -0.1) is 0 Å². The van der Waals surface area contributed by atoms with Crippen LogP contribution in [-0.2, 0) is 19.6 Å². The molecule has 1 aromatic carbocycles. The molecule has 1 aromatic rings. The maximum Gasteiger partial charge on any atom is 0.338 e. The molecule has 0 bridgehead atoms. The number of carbonyl (C=O) groups excluding carboxylic acids is 2. The first-order valence-electron chi connectivity index (χ1n) is 8.85. The first kappa shape index (κ1) is 21.7. The largest absolute Gasteiger partial charge is 0.452 e. The highest BCUT2D eigenvalue weighted by molar-refractivity contribution is 7.89. The molecule has 0 saturated heterocycles. The number of hydrogen-bond donors (Lipinski definition) is 2. The fourth-order valence-corrected chi connectivity index (χ4v) is 4.44. The van der Waals surface area contributed by atoms with Gasteiger partial charge < -0.3 is 10.1 Å². The zero-order valence-electron chi connectivity index (χ0n) is 15.6. The number of sulfonamides is 1. The van der Waals surface area contributed by atoms with Crippen LogP contribution in [-0.4, -0.2) is 40.0 Å². The summed E-state index contributed by atoms with van der Waals surface area (Å²) in [7, 11) is -2.57. The van der Waals surface area contributed by atoms with Crippen LogP contribution in [0.1, 0.15) is 43.5 Å². The Hall–Kier alpha value is -1.64. The van der Waals surface area contributed by atoms with Crippen molar-refractivity contribution in [1.29, 1.82) is 0 Å². The molecule has 0 spiro atoms. The van der Waals surface area contributed by atoms with E-state index in [1.54, 1.807) is 0 Å². The van der Waals surface area contributed by atoms with E-state index in [1.807, 2.05) is 0 Å². The topological polar surface area (TPSA) is 102 Å². The number of amides is 1. The number of rotatable bonds is 6. The molecule has 1 fully saturated rings. The van der Waals surface area contributed by atoms with Crippen LogP contribution in [0.5, 0.6) is 0 Å². The average Bonchev–Trinajstić information content (AvgIpc) is 2.63. The molecule has 1 saturated carbocycles. The summed E-state index contributed by atoms with van der Waals surface area (Å²) in [5.41, 5.74) is 0.000631. The van der Waals surface area contributed by atoms with Gasteiger partial charge in [0.25, 0.3) is 5.91 Å². The first-order valence-corrected chi connectivity index (χ1v) is 10.7. The second-order valence-electron chi connectivity index (χ2n) is 6.87. The summed E-state index contributed by atoms with van der Waals surface area (Å²) in [6.45, 7) is 3.85. The normalized spacial score (nSPS) is 22.9. The fraction of sp³-hybridized carbons (Fsp3) is 0.556. The molecule has 0 radical (unpaired) electrons. The van der Waals surface area contributed by atoms with Crippen LogP contribution < -0.4 is 10.0 Å². The summed E-state index contributed by atoms with van der Waals surface area (Å²) in [6, 6.07) is 3.84. The maximum absolute atomic E-state index is 12.2. The Morgan fingerprint density at radius 1 is 1.26 bits per heavy atom. The Labute approximate surface area is 164 Å². The van der Waals surface area contributed by atoms with Crippen molar-refractivity contribution < 1.29 is 22.7 Å². The number of esters is 1. The Bertz CT molecular complexity index is 812. The van der Waals surface area contributed by atoms with Crippen LogP contribution in [0.4, 0.5) is 0 Å². The van der Waals surface area contributed by atoms with Crippen molar-refractivity contribution in [2.45, 2.75) is 44.0 Å². The molecule has 7 nitrogen and oxygen atoms in total. The lowest BCUT2D eigenvalue weighted by atomic mass is 9.78. The number of nitrogens with one attached hydrogen (secondary N) is 2. The maximum atomic E-state index is 12.2. The van der Waals surface area contributed by atoms with E-state index in [-0.39, 0.29) is 27.4 Å². The third kappa shape index (κ3) is 5.43.